The maximum Gasteiger partial charge on any atom is 0.362 e. The number of amides is 1. The van der Waals surface area contributed by atoms with Gasteiger partial charge in [-0.05, 0) is 0 Å². The minimum Gasteiger partial charge on any atom is -1.00 e. The van der Waals surface area contributed by atoms with E-state index in [1.54, 1.807) is 0 Å². The number of carbonyl (C=O) groups excluding carboxylic acids is 1. The van der Waals surface area contributed by atoms with Gasteiger partial charge >= 0.3 is 11.9 Å². The summed E-state index contributed by atoms with van der Waals surface area (Å²) in [5.74, 6) is -2.45. The summed E-state index contributed by atoms with van der Waals surface area (Å²) in [5, 5.41) is 19.0. The Hall–Kier alpha value is -1.19. The molecule has 112 valence electrons. The maximum atomic E-state index is 11.4. The topological polar surface area (TPSA) is 148 Å². The number of quaternary nitrogens is 1. The molecule has 1 amide bonds. The monoisotopic (exact) mass is 316 g/mol. The Bertz CT molecular complexity index is 352. The van der Waals surface area contributed by atoms with E-state index in [1.165, 1.54) is 0 Å². The molecule has 0 spiro atoms. The molecular formula is C9H17ClN2O6S. The van der Waals surface area contributed by atoms with Crippen molar-refractivity contribution in [3.8, 4) is 0 Å². The second-order valence-electron chi connectivity index (χ2n) is 3.59. The summed E-state index contributed by atoms with van der Waals surface area (Å²) in [7, 11) is -1.30. The van der Waals surface area contributed by atoms with Crippen LogP contribution in [-0.2, 0) is 25.2 Å². The van der Waals surface area contributed by atoms with Crippen molar-refractivity contribution in [2.45, 2.75) is 18.9 Å². The average Bonchev–Trinajstić information content (AvgIpc) is 2.30. The molecule has 0 rings (SSSR count). The van der Waals surface area contributed by atoms with Crippen molar-refractivity contribution >= 4 is 28.6 Å². The number of hydrogen-bond donors (Lipinski definition) is 4. The van der Waals surface area contributed by atoms with Crippen LogP contribution in [0.15, 0.2) is 0 Å². The predicted molar refractivity (Wildman–Crippen MR) is 62.1 cm³/mol. The third-order valence-electron chi connectivity index (χ3n) is 2.04. The van der Waals surface area contributed by atoms with Gasteiger partial charge in [0.2, 0.25) is 5.91 Å². The van der Waals surface area contributed by atoms with Gasteiger partial charge in [-0.1, -0.05) is 0 Å². The van der Waals surface area contributed by atoms with Gasteiger partial charge in [-0.2, -0.15) is 0 Å². The Labute approximate surface area is 118 Å². The third-order valence-corrected chi connectivity index (χ3v) is 3.39. The van der Waals surface area contributed by atoms with Crippen molar-refractivity contribution in [3.05, 3.63) is 0 Å². The third kappa shape index (κ3) is 11.6. The van der Waals surface area contributed by atoms with Crippen molar-refractivity contribution in [1.82, 2.24) is 5.32 Å². The summed E-state index contributed by atoms with van der Waals surface area (Å²) >= 11 is 0. The van der Waals surface area contributed by atoms with Crippen molar-refractivity contribution in [1.29, 1.82) is 0 Å². The summed E-state index contributed by atoms with van der Waals surface area (Å²) < 4.78 is 11.4. The molecule has 10 heteroatoms. The molecule has 0 aliphatic carbocycles. The lowest BCUT2D eigenvalue weighted by molar-refractivity contribution is -0.407. The zero-order valence-corrected chi connectivity index (χ0v) is 11.7. The fourth-order valence-electron chi connectivity index (χ4n) is 0.968. The summed E-state index contributed by atoms with van der Waals surface area (Å²) in [6, 6.07) is -0.810. The highest BCUT2D eigenvalue weighted by Gasteiger charge is 2.16. The molecule has 2 atom stereocenters. The number of aliphatic carboxylic acids is 2. The zero-order valence-electron chi connectivity index (χ0n) is 10.1. The van der Waals surface area contributed by atoms with Gasteiger partial charge in [0.15, 0.2) is 6.04 Å². The van der Waals surface area contributed by atoms with E-state index < -0.39 is 41.2 Å². The van der Waals surface area contributed by atoms with Crippen molar-refractivity contribution in [3.63, 3.8) is 0 Å². The van der Waals surface area contributed by atoms with Gasteiger partial charge in [0, 0.05) is 35.1 Å². The lowest BCUT2D eigenvalue weighted by Crippen LogP contribution is -3.00. The van der Waals surface area contributed by atoms with E-state index in [-0.39, 0.29) is 36.8 Å². The Morgan fingerprint density at radius 1 is 1.21 bits per heavy atom. The van der Waals surface area contributed by atoms with Gasteiger partial charge in [0.1, 0.15) is 6.54 Å². The number of carboxylic acid groups (broad SMARTS) is 2. The molecule has 0 bridgehead atoms. The number of nitrogens with one attached hydrogen (secondary N) is 1. The van der Waals surface area contributed by atoms with Gasteiger partial charge in [0.25, 0.3) is 0 Å². The molecule has 0 aliphatic rings. The van der Waals surface area contributed by atoms with Gasteiger partial charge in [-0.25, -0.2) is 4.79 Å². The molecule has 0 heterocycles. The number of rotatable bonds is 9. The average molecular weight is 317 g/mol. The minimum atomic E-state index is -1.30. The molecule has 2 unspecified atom stereocenters. The molecule has 0 aromatic carbocycles. The van der Waals surface area contributed by atoms with Crippen LogP contribution in [0.4, 0.5) is 0 Å². The van der Waals surface area contributed by atoms with Gasteiger partial charge in [-0.3, -0.25) is 13.8 Å². The van der Waals surface area contributed by atoms with Crippen molar-refractivity contribution in [2.75, 3.05) is 18.1 Å². The lowest BCUT2D eigenvalue weighted by atomic mass is 10.2. The van der Waals surface area contributed by atoms with Crippen molar-refractivity contribution < 1.29 is 46.9 Å². The fourth-order valence-corrected chi connectivity index (χ4v) is 2.13. The van der Waals surface area contributed by atoms with E-state index >= 15 is 0 Å². The molecule has 6 N–H and O–H groups in total. The van der Waals surface area contributed by atoms with E-state index in [2.05, 4.69) is 11.1 Å². The molecule has 0 saturated carbocycles. The number of halogens is 1. The summed E-state index contributed by atoms with van der Waals surface area (Å²) in [4.78, 5) is 31.7. The number of carboxylic acids is 2. The second kappa shape index (κ2) is 10.7. The largest absolute Gasteiger partial charge is 1.00 e. The number of hydrogen-bond acceptors (Lipinski definition) is 4. The quantitative estimate of drug-likeness (QED) is 0.333. The highest BCUT2D eigenvalue weighted by atomic mass is 35.5. The molecule has 0 radical (unpaired) electrons. The van der Waals surface area contributed by atoms with Crippen LogP contribution >= 0.6 is 0 Å². The van der Waals surface area contributed by atoms with Crippen LogP contribution in [0.3, 0.4) is 0 Å². The Morgan fingerprint density at radius 3 is 2.26 bits per heavy atom. The van der Waals surface area contributed by atoms with Crippen LogP contribution in [0.25, 0.3) is 0 Å². The highest BCUT2D eigenvalue weighted by Crippen LogP contribution is 1.94. The van der Waals surface area contributed by atoms with E-state index in [0.29, 0.717) is 0 Å². The molecule has 0 aromatic rings. The van der Waals surface area contributed by atoms with Crippen LogP contribution in [0.2, 0.25) is 0 Å². The van der Waals surface area contributed by atoms with Crippen LogP contribution < -0.4 is 23.5 Å². The van der Waals surface area contributed by atoms with E-state index in [1.807, 2.05) is 0 Å². The van der Waals surface area contributed by atoms with Crippen molar-refractivity contribution in [2.24, 2.45) is 0 Å². The minimum absolute atomic E-state index is 0. The molecule has 0 aromatic heterocycles. The SMILES string of the molecule is [Cl-].[NH3+]C(CCS(=O)CCC(=O)NCC(=O)O)C(=O)O. The summed E-state index contributed by atoms with van der Waals surface area (Å²) in [6.07, 6.45) is 0.132. The maximum absolute atomic E-state index is 11.4. The second-order valence-corrected chi connectivity index (χ2v) is 5.29. The first-order valence-electron chi connectivity index (χ1n) is 5.22. The molecule has 0 aliphatic heterocycles. The van der Waals surface area contributed by atoms with E-state index in [4.69, 9.17) is 10.2 Å². The summed E-state index contributed by atoms with van der Waals surface area (Å²) in [5.41, 5.74) is 3.38. The zero-order chi connectivity index (χ0) is 14.1. The first kappa shape index (κ1) is 20.1. The fraction of sp³-hybridized carbons (Fsp3) is 0.667. The molecule has 19 heavy (non-hydrogen) atoms. The van der Waals surface area contributed by atoms with Crippen LogP contribution in [0, 0.1) is 0 Å². The Balaban J connectivity index is 0. The Kier molecular flexibility index (Phi) is 11.3. The summed E-state index contributed by atoms with van der Waals surface area (Å²) in [6.45, 7) is -0.467. The normalized spacial score (nSPS) is 12.9. The first-order valence-corrected chi connectivity index (χ1v) is 6.71. The molecule has 8 nitrogen and oxygen atoms in total. The van der Waals surface area contributed by atoms with Crippen LogP contribution in [0.1, 0.15) is 12.8 Å². The lowest BCUT2D eigenvalue weighted by Gasteiger charge is -2.04. The standard InChI is InChI=1S/C9H16N2O6S.ClH/c10-6(9(15)16)1-3-18(17)4-2-7(12)11-5-8(13)14;/h6H,1-5,10H2,(H,11,12)(H,13,14)(H,15,16);1H. The molecule has 0 fully saturated rings. The van der Waals surface area contributed by atoms with E-state index in [9.17, 15) is 18.6 Å². The first-order chi connectivity index (χ1) is 8.32. The van der Waals surface area contributed by atoms with Crippen LogP contribution in [-0.4, -0.2) is 56.4 Å². The van der Waals surface area contributed by atoms with Gasteiger partial charge in [0.05, 0.1) is 0 Å². The van der Waals surface area contributed by atoms with Gasteiger partial charge < -0.3 is 33.7 Å². The highest BCUT2D eigenvalue weighted by molar-refractivity contribution is 7.84. The molecular weight excluding hydrogens is 300 g/mol. The van der Waals surface area contributed by atoms with Gasteiger partial charge in [-0.15, -0.1) is 0 Å². The van der Waals surface area contributed by atoms with Crippen LogP contribution in [0.5, 0.6) is 0 Å². The number of carbonyl (C=O) groups is 3. The predicted octanol–water partition coefficient (Wildman–Crippen LogP) is -5.58. The Morgan fingerprint density at radius 2 is 1.79 bits per heavy atom. The van der Waals surface area contributed by atoms with E-state index in [0.717, 1.165) is 0 Å². The molecule has 0 saturated heterocycles. The smallest absolute Gasteiger partial charge is 0.362 e.